The Kier molecular flexibility index (Phi) is 6.59. The predicted molar refractivity (Wildman–Crippen MR) is 86.1 cm³/mol. The summed E-state index contributed by atoms with van der Waals surface area (Å²) in [6.45, 7) is 0.916. The molecular formula is C17H19N3O3. The summed E-state index contributed by atoms with van der Waals surface area (Å²) in [5, 5.41) is 5.48. The molecule has 1 aromatic carbocycles. The highest BCUT2D eigenvalue weighted by atomic mass is 16.5. The SMILES string of the molecule is O=C(COc1ccccc1)NCCCNC(=O)c1ccccn1. The third kappa shape index (κ3) is 6.17. The summed E-state index contributed by atoms with van der Waals surface area (Å²) >= 11 is 0. The van der Waals surface area contributed by atoms with Gasteiger partial charge < -0.3 is 15.4 Å². The fraction of sp³-hybridized carbons (Fsp3) is 0.235. The molecule has 0 saturated heterocycles. The van der Waals surface area contributed by atoms with Gasteiger partial charge in [0.05, 0.1) is 0 Å². The third-order valence-electron chi connectivity index (χ3n) is 2.97. The van der Waals surface area contributed by atoms with Crippen molar-refractivity contribution in [3.63, 3.8) is 0 Å². The molecule has 2 N–H and O–H groups in total. The molecular weight excluding hydrogens is 294 g/mol. The second kappa shape index (κ2) is 9.19. The minimum atomic E-state index is -0.218. The lowest BCUT2D eigenvalue weighted by Crippen LogP contribution is -2.32. The number of aromatic nitrogens is 1. The van der Waals surface area contributed by atoms with Gasteiger partial charge in [-0.1, -0.05) is 24.3 Å². The van der Waals surface area contributed by atoms with Gasteiger partial charge in [0.15, 0.2) is 6.61 Å². The molecule has 0 bridgehead atoms. The molecule has 0 unspecified atom stereocenters. The molecule has 0 aliphatic carbocycles. The normalized spacial score (nSPS) is 9.91. The maximum Gasteiger partial charge on any atom is 0.269 e. The molecule has 6 heteroatoms. The number of nitrogens with zero attached hydrogens (tertiary/aromatic N) is 1. The van der Waals surface area contributed by atoms with Crippen molar-refractivity contribution >= 4 is 11.8 Å². The van der Waals surface area contributed by atoms with E-state index in [2.05, 4.69) is 15.6 Å². The van der Waals surface area contributed by atoms with Crippen molar-refractivity contribution < 1.29 is 14.3 Å². The molecule has 23 heavy (non-hydrogen) atoms. The van der Waals surface area contributed by atoms with Gasteiger partial charge in [0.1, 0.15) is 11.4 Å². The van der Waals surface area contributed by atoms with Crippen molar-refractivity contribution in [2.45, 2.75) is 6.42 Å². The smallest absolute Gasteiger partial charge is 0.269 e. The summed E-state index contributed by atoms with van der Waals surface area (Å²) < 4.78 is 5.33. The number of amides is 2. The second-order valence-corrected chi connectivity index (χ2v) is 4.78. The van der Waals surface area contributed by atoms with Gasteiger partial charge in [-0.3, -0.25) is 14.6 Å². The van der Waals surface area contributed by atoms with E-state index in [1.807, 2.05) is 18.2 Å². The van der Waals surface area contributed by atoms with E-state index in [-0.39, 0.29) is 18.4 Å². The Balaban J connectivity index is 1.55. The van der Waals surface area contributed by atoms with E-state index < -0.39 is 0 Å². The zero-order chi connectivity index (χ0) is 16.3. The van der Waals surface area contributed by atoms with Crippen molar-refractivity contribution in [1.29, 1.82) is 0 Å². The minimum absolute atomic E-state index is 0.0235. The van der Waals surface area contributed by atoms with E-state index in [4.69, 9.17) is 4.74 Å². The van der Waals surface area contributed by atoms with E-state index in [1.165, 1.54) is 0 Å². The minimum Gasteiger partial charge on any atom is -0.484 e. The van der Waals surface area contributed by atoms with Crippen LogP contribution in [0.5, 0.6) is 5.75 Å². The topological polar surface area (TPSA) is 80.3 Å². The van der Waals surface area contributed by atoms with Crippen LogP contribution in [0.4, 0.5) is 0 Å². The van der Waals surface area contributed by atoms with Gasteiger partial charge in [-0.25, -0.2) is 0 Å². The van der Waals surface area contributed by atoms with Gasteiger partial charge in [0.25, 0.3) is 11.8 Å². The summed E-state index contributed by atoms with van der Waals surface area (Å²) in [5.74, 6) is 0.250. The summed E-state index contributed by atoms with van der Waals surface area (Å²) in [6.07, 6.45) is 2.21. The Morgan fingerprint density at radius 1 is 0.957 bits per heavy atom. The van der Waals surface area contributed by atoms with Crippen LogP contribution in [0.25, 0.3) is 0 Å². The van der Waals surface area contributed by atoms with Gasteiger partial charge in [-0.05, 0) is 30.7 Å². The number of para-hydroxylation sites is 1. The summed E-state index contributed by atoms with van der Waals surface area (Å²) in [5.41, 5.74) is 0.382. The quantitative estimate of drug-likeness (QED) is 0.722. The van der Waals surface area contributed by atoms with Gasteiger partial charge in [-0.2, -0.15) is 0 Å². The molecule has 0 aliphatic rings. The number of carbonyl (C=O) groups excluding carboxylic acids is 2. The van der Waals surface area contributed by atoms with Gasteiger partial charge in [0.2, 0.25) is 0 Å². The van der Waals surface area contributed by atoms with Gasteiger partial charge in [-0.15, -0.1) is 0 Å². The zero-order valence-corrected chi connectivity index (χ0v) is 12.7. The number of ether oxygens (including phenoxy) is 1. The zero-order valence-electron chi connectivity index (χ0n) is 12.7. The Bertz CT molecular complexity index is 617. The Hall–Kier alpha value is -2.89. The Morgan fingerprint density at radius 2 is 1.70 bits per heavy atom. The molecule has 120 valence electrons. The van der Waals surface area contributed by atoms with Crippen LogP contribution >= 0.6 is 0 Å². The number of rotatable bonds is 8. The van der Waals surface area contributed by atoms with Crippen LogP contribution in [-0.2, 0) is 4.79 Å². The summed E-state index contributed by atoms with van der Waals surface area (Å²) in [7, 11) is 0. The first kappa shape index (κ1) is 16.5. The molecule has 0 fully saturated rings. The number of pyridine rings is 1. The first-order valence-corrected chi connectivity index (χ1v) is 7.39. The van der Waals surface area contributed by atoms with E-state index in [0.717, 1.165) is 0 Å². The Labute approximate surface area is 134 Å². The fourth-order valence-corrected chi connectivity index (χ4v) is 1.82. The average Bonchev–Trinajstić information content (AvgIpc) is 2.61. The lowest BCUT2D eigenvalue weighted by Gasteiger charge is -2.08. The van der Waals surface area contributed by atoms with Crippen molar-refractivity contribution in [1.82, 2.24) is 15.6 Å². The van der Waals surface area contributed by atoms with Crippen LogP contribution in [-0.4, -0.2) is 36.5 Å². The number of hydrogen-bond donors (Lipinski definition) is 2. The molecule has 2 amide bonds. The number of carbonyl (C=O) groups is 2. The van der Waals surface area contributed by atoms with Crippen molar-refractivity contribution in [3.8, 4) is 5.75 Å². The summed E-state index contributed by atoms with van der Waals surface area (Å²) in [6, 6.07) is 14.3. The van der Waals surface area contributed by atoms with Crippen LogP contribution in [0.1, 0.15) is 16.9 Å². The fourth-order valence-electron chi connectivity index (χ4n) is 1.82. The maximum absolute atomic E-state index is 11.7. The average molecular weight is 313 g/mol. The van der Waals surface area contributed by atoms with Gasteiger partial charge in [0, 0.05) is 19.3 Å². The largest absolute Gasteiger partial charge is 0.484 e. The van der Waals surface area contributed by atoms with Crippen molar-refractivity contribution in [3.05, 3.63) is 60.4 Å². The second-order valence-electron chi connectivity index (χ2n) is 4.78. The number of nitrogens with one attached hydrogen (secondary N) is 2. The molecule has 2 aromatic rings. The van der Waals surface area contributed by atoms with E-state index >= 15 is 0 Å². The van der Waals surface area contributed by atoms with Gasteiger partial charge >= 0.3 is 0 Å². The van der Waals surface area contributed by atoms with Crippen LogP contribution in [0, 0.1) is 0 Å². The molecule has 0 radical (unpaired) electrons. The molecule has 0 atom stereocenters. The highest BCUT2D eigenvalue weighted by Crippen LogP contribution is 2.07. The third-order valence-corrected chi connectivity index (χ3v) is 2.97. The number of hydrogen-bond acceptors (Lipinski definition) is 4. The number of benzene rings is 1. The monoisotopic (exact) mass is 313 g/mol. The van der Waals surface area contributed by atoms with E-state index in [1.54, 1.807) is 36.5 Å². The molecule has 1 heterocycles. The van der Waals surface area contributed by atoms with Crippen LogP contribution in [0.15, 0.2) is 54.7 Å². The Morgan fingerprint density at radius 3 is 2.43 bits per heavy atom. The van der Waals surface area contributed by atoms with E-state index in [9.17, 15) is 9.59 Å². The lowest BCUT2D eigenvalue weighted by molar-refractivity contribution is -0.123. The maximum atomic E-state index is 11.7. The van der Waals surface area contributed by atoms with E-state index in [0.29, 0.717) is 31.0 Å². The predicted octanol–water partition coefficient (Wildman–Crippen LogP) is 1.40. The molecule has 1 aromatic heterocycles. The van der Waals surface area contributed by atoms with Crippen LogP contribution in [0.3, 0.4) is 0 Å². The molecule has 0 aliphatic heterocycles. The standard InChI is InChI=1S/C17H19N3O3/c21-16(13-23-14-7-2-1-3-8-14)19-11-6-12-20-17(22)15-9-4-5-10-18-15/h1-5,7-10H,6,11-13H2,(H,19,21)(H,20,22). The first-order chi connectivity index (χ1) is 11.3. The lowest BCUT2D eigenvalue weighted by atomic mass is 10.3. The molecule has 0 saturated carbocycles. The highest BCUT2D eigenvalue weighted by molar-refractivity contribution is 5.92. The highest BCUT2D eigenvalue weighted by Gasteiger charge is 2.05. The van der Waals surface area contributed by atoms with Crippen LogP contribution < -0.4 is 15.4 Å². The van der Waals surface area contributed by atoms with Crippen molar-refractivity contribution in [2.75, 3.05) is 19.7 Å². The summed E-state index contributed by atoms with van der Waals surface area (Å²) in [4.78, 5) is 27.3. The van der Waals surface area contributed by atoms with Crippen molar-refractivity contribution in [2.24, 2.45) is 0 Å². The van der Waals surface area contributed by atoms with Crippen LogP contribution in [0.2, 0.25) is 0 Å². The molecule has 6 nitrogen and oxygen atoms in total. The molecule has 2 rings (SSSR count). The molecule has 0 spiro atoms. The first-order valence-electron chi connectivity index (χ1n) is 7.39.